The van der Waals surface area contributed by atoms with Gasteiger partial charge in [-0.15, -0.1) is 5.10 Å². The van der Waals surface area contributed by atoms with Gasteiger partial charge in [-0.25, -0.2) is 0 Å². The minimum Gasteiger partial charge on any atom is -0.495 e. The predicted molar refractivity (Wildman–Crippen MR) is 84.6 cm³/mol. The Kier molecular flexibility index (Phi) is 5.40. The molecule has 0 bridgehead atoms. The van der Waals surface area contributed by atoms with Gasteiger partial charge in [0, 0.05) is 5.02 Å². The van der Waals surface area contributed by atoms with Crippen LogP contribution in [0.1, 0.15) is 6.92 Å². The van der Waals surface area contributed by atoms with Crippen LogP contribution >= 0.6 is 23.4 Å². The fraction of sp³-hybridized carbons (Fsp3) is 0.231. The van der Waals surface area contributed by atoms with Crippen LogP contribution in [0.3, 0.4) is 0 Å². The van der Waals surface area contributed by atoms with Crippen LogP contribution < -0.4 is 15.6 Å². The van der Waals surface area contributed by atoms with E-state index >= 15 is 0 Å². The highest BCUT2D eigenvalue weighted by Crippen LogP contribution is 2.28. The monoisotopic (exact) mass is 340 g/mol. The van der Waals surface area contributed by atoms with Crippen molar-refractivity contribution < 1.29 is 9.53 Å². The smallest absolute Gasteiger partial charge is 0.270 e. The Morgan fingerprint density at radius 3 is 2.95 bits per heavy atom. The number of H-pyrrole nitrogens is 1. The van der Waals surface area contributed by atoms with Crippen molar-refractivity contribution in [3.05, 3.63) is 39.8 Å². The van der Waals surface area contributed by atoms with Crippen molar-refractivity contribution in [2.75, 3.05) is 12.4 Å². The number of nitrogens with one attached hydrogen (secondary N) is 2. The lowest BCUT2D eigenvalue weighted by molar-refractivity contribution is -0.115. The number of rotatable bonds is 5. The van der Waals surface area contributed by atoms with E-state index in [1.54, 1.807) is 25.1 Å². The summed E-state index contributed by atoms with van der Waals surface area (Å²) in [6.45, 7) is 1.68. The van der Waals surface area contributed by atoms with Gasteiger partial charge >= 0.3 is 0 Å². The molecule has 2 rings (SSSR count). The van der Waals surface area contributed by atoms with Crippen molar-refractivity contribution in [1.29, 1.82) is 0 Å². The van der Waals surface area contributed by atoms with Crippen LogP contribution in [-0.4, -0.2) is 33.4 Å². The molecule has 0 spiro atoms. The second-order valence-corrected chi connectivity index (χ2v) is 6.00. The molecule has 1 aromatic heterocycles. The molecule has 0 saturated heterocycles. The first-order chi connectivity index (χ1) is 10.5. The topological polar surface area (TPSA) is 97.0 Å². The van der Waals surface area contributed by atoms with E-state index in [0.717, 1.165) is 18.0 Å². The number of methoxy groups -OCH3 is 1. The van der Waals surface area contributed by atoms with Crippen molar-refractivity contribution in [2.45, 2.75) is 17.3 Å². The normalized spacial score (nSPS) is 11.8. The summed E-state index contributed by atoms with van der Waals surface area (Å²) in [5.41, 5.74) is 0.0988. The molecule has 2 aromatic rings. The molecule has 2 N–H and O–H groups in total. The van der Waals surface area contributed by atoms with Crippen LogP contribution in [-0.2, 0) is 4.79 Å². The molecule has 0 saturated carbocycles. The van der Waals surface area contributed by atoms with Crippen molar-refractivity contribution >= 4 is 35.0 Å². The van der Waals surface area contributed by atoms with E-state index in [9.17, 15) is 9.59 Å². The number of aromatic amines is 1. The molecule has 1 aromatic carbocycles. The molecular weight excluding hydrogens is 328 g/mol. The van der Waals surface area contributed by atoms with Crippen LogP contribution in [0.4, 0.5) is 5.69 Å². The van der Waals surface area contributed by atoms with Gasteiger partial charge in [0.25, 0.3) is 5.56 Å². The number of thioether (sulfide) groups is 1. The van der Waals surface area contributed by atoms with Gasteiger partial charge in [0.15, 0.2) is 5.16 Å². The molecule has 0 aliphatic carbocycles. The summed E-state index contributed by atoms with van der Waals surface area (Å²) >= 11 is 7.00. The van der Waals surface area contributed by atoms with E-state index in [-0.39, 0.29) is 16.6 Å². The summed E-state index contributed by atoms with van der Waals surface area (Å²) in [6.07, 6.45) is 1.06. The standard InChI is InChI=1S/C13H13ClN4O3S/c1-7(22-13-17-11(19)6-15-18-13)12(20)16-9-5-8(14)3-4-10(9)21-2/h3-7H,1-2H3,(H,16,20)(H,17,18,19)/t7-/m0/s1. The molecule has 0 unspecified atom stereocenters. The number of halogens is 1. The SMILES string of the molecule is COc1ccc(Cl)cc1NC(=O)[C@H](C)Sc1nncc(=O)[nH]1. The molecule has 7 nitrogen and oxygen atoms in total. The number of amides is 1. The number of anilines is 1. The lowest BCUT2D eigenvalue weighted by Crippen LogP contribution is -2.23. The number of hydrogen-bond acceptors (Lipinski definition) is 6. The Balaban J connectivity index is 2.08. The van der Waals surface area contributed by atoms with Crippen molar-refractivity contribution in [3.8, 4) is 5.75 Å². The fourth-order valence-corrected chi connectivity index (χ4v) is 2.51. The lowest BCUT2D eigenvalue weighted by Gasteiger charge is -2.13. The highest BCUT2D eigenvalue weighted by molar-refractivity contribution is 8.00. The Labute approximate surface area is 135 Å². The largest absolute Gasteiger partial charge is 0.495 e. The van der Waals surface area contributed by atoms with Gasteiger partial charge in [-0.05, 0) is 25.1 Å². The van der Waals surface area contributed by atoms with Crippen molar-refractivity contribution in [1.82, 2.24) is 15.2 Å². The number of carbonyl (C=O) groups is 1. The van der Waals surface area contributed by atoms with E-state index in [4.69, 9.17) is 16.3 Å². The van der Waals surface area contributed by atoms with E-state index in [2.05, 4.69) is 20.5 Å². The number of aromatic nitrogens is 3. The molecule has 0 aliphatic rings. The first-order valence-electron chi connectivity index (χ1n) is 6.22. The second-order valence-electron chi connectivity index (χ2n) is 4.23. The molecular formula is C13H13ClN4O3S. The Morgan fingerprint density at radius 1 is 1.50 bits per heavy atom. The predicted octanol–water partition coefficient (Wildman–Crippen LogP) is 1.95. The van der Waals surface area contributed by atoms with Crippen LogP contribution in [0.25, 0.3) is 0 Å². The van der Waals surface area contributed by atoms with Gasteiger partial charge < -0.3 is 10.1 Å². The highest BCUT2D eigenvalue weighted by atomic mass is 35.5. The molecule has 0 fully saturated rings. The van der Waals surface area contributed by atoms with Crippen LogP contribution in [0.15, 0.2) is 34.3 Å². The average Bonchev–Trinajstić information content (AvgIpc) is 2.47. The van der Waals surface area contributed by atoms with Crippen LogP contribution in [0, 0.1) is 0 Å². The van der Waals surface area contributed by atoms with Crippen molar-refractivity contribution in [3.63, 3.8) is 0 Å². The van der Waals surface area contributed by atoms with Gasteiger partial charge in [-0.2, -0.15) is 5.10 Å². The van der Waals surface area contributed by atoms with Gasteiger partial charge in [0.05, 0.1) is 18.0 Å². The maximum absolute atomic E-state index is 12.2. The van der Waals surface area contributed by atoms with E-state index in [1.165, 1.54) is 7.11 Å². The zero-order chi connectivity index (χ0) is 16.1. The first-order valence-corrected chi connectivity index (χ1v) is 7.48. The minimum atomic E-state index is -0.504. The molecule has 9 heteroatoms. The van der Waals surface area contributed by atoms with Crippen LogP contribution in [0.5, 0.6) is 5.75 Å². The van der Waals surface area contributed by atoms with Gasteiger partial charge in [-0.1, -0.05) is 23.4 Å². The molecule has 0 radical (unpaired) electrons. The highest BCUT2D eigenvalue weighted by Gasteiger charge is 2.18. The number of benzene rings is 1. The molecule has 0 aliphatic heterocycles. The van der Waals surface area contributed by atoms with E-state index in [1.807, 2.05) is 0 Å². The van der Waals surface area contributed by atoms with E-state index in [0.29, 0.717) is 16.5 Å². The lowest BCUT2D eigenvalue weighted by atomic mass is 10.3. The Morgan fingerprint density at radius 2 is 2.27 bits per heavy atom. The summed E-state index contributed by atoms with van der Waals surface area (Å²) in [7, 11) is 1.50. The third kappa shape index (κ3) is 4.22. The maximum atomic E-state index is 12.2. The number of nitrogens with zero attached hydrogens (tertiary/aromatic N) is 2. The summed E-state index contributed by atoms with van der Waals surface area (Å²) in [5.74, 6) is 0.222. The second kappa shape index (κ2) is 7.28. The van der Waals surface area contributed by atoms with Crippen LogP contribution in [0.2, 0.25) is 5.02 Å². The first kappa shape index (κ1) is 16.3. The molecule has 116 valence electrons. The molecule has 1 atom stereocenters. The Bertz CT molecular complexity index is 737. The van der Waals surface area contributed by atoms with E-state index < -0.39 is 5.25 Å². The van der Waals surface area contributed by atoms with Gasteiger partial charge in [-0.3, -0.25) is 14.6 Å². The number of carbonyl (C=O) groups excluding carboxylic acids is 1. The number of hydrogen-bond donors (Lipinski definition) is 2. The summed E-state index contributed by atoms with van der Waals surface area (Å²) in [5, 5.41) is 10.3. The minimum absolute atomic E-state index is 0.271. The zero-order valence-corrected chi connectivity index (χ0v) is 13.4. The summed E-state index contributed by atoms with van der Waals surface area (Å²) in [4.78, 5) is 25.9. The van der Waals surface area contributed by atoms with Crippen molar-refractivity contribution in [2.24, 2.45) is 0 Å². The third-order valence-corrected chi connectivity index (χ3v) is 3.84. The third-order valence-electron chi connectivity index (χ3n) is 2.63. The summed E-state index contributed by atoms with van der Waals surface area (Å²) < 4.78 is 5.16. The molecule has 1 amide bonds. The fourth-order valence-electron chi connectivity index (χ4n) is 1.58. The molecule has 22 heavy (non-hydrogen) atoms. The quantitative estimate of drug-likeness (QED) is 0.807. The number of ether oxygens (including phenoxy) is 1. The molecule has 1 heterocycles. The van der Waals surface area contributed by atoms with Gasteiger partial charge in [0.1, 0.15) is 11.9 Å². The zero-order valence-electron chi connectivity index (χ0n) is 11.8. The Hall–Kier alpha value is -2.06. The average molecular weight is 341 g/mol. The van der Waals surface area contributed by atoms with Gasteiger partial charge in [0.2, 0.25) is 5.91 Å². The maximum Gasteiger partial charge on any atom is 0.270 e. The summed E-state index contributed by atoms with van der Waals surface area (Å²) in [6, 6.07) is 4.92.